The van der Waals surface area contributed by atoms with E-state index in [0.717, 1.165) is 30.9 Å². The van der Waals surface area contributed by atoms with Crippen molar-refractivity contribution in [3.8, 4) is 5.75 Å². The molecule has 1 saturated heterocycles. The van der Waals surface area contributed by atoms with Gasteiger partial charge in [0, 0.05) is 26.1 Å². The molecule has 0 radical (unpaired) electrons. The molecule has 2 heterocycles. The Kier molecular flexibility index (Phi) is 6.50. The highest BCUT2D eigenvalue weighted by Gasteiger charge is 2.25. The van der Waals surface area contributed by atoms with Crippen LogP contribution in [0.4, 0.5) is 5.69 Å². The summed E-state index contributed by atoms with van der Waals surface area (Å²) in [6, 6.07) is 5.78. The van der Waals surface area contributed by atoms with Gasteiger partial charge < -0.3 is 19.9 Å². The number of carbonyl (C=O) groups is 2. The highest BCUT2D eigenvalue weighted by molar-refractivity contribution is 5.98. The lowest BCUT2D eigenvalue weighted by molar-refractivity contribution is -0.122. The molecule has 0 saturated carbocycles. The number of hydrogen-bond donors (Lipinski definition) is 1. The Morgan fingerprint density at radius 3 is 2.69 bits per heavy atom. The summed E-state index contributed by atoms with van der Waals surface area (Å²) in [5.74, 6) is 0.602. The third-order valence-electron chi connectivity index (χ3n) is 5.07. The number of ether oxygens (including phenoxy) is 1. The van der Waals surface area contributed by atoms with Crippen molar-refractivity contribution in [3.05, 3.63) is 23.8 Å². The van der Waals surface area contributed by atoms with Crippen molar-refractivity contribution in [2.24, 2.45) is 0 Å². The number of amides is 2. The van der Waals surface area contributed by atoms with Crippen molar-refractivity contribution in [3.63, 3.8) is 0 Å². The first-order valence-corrected chi connectivity index (χ1v) is 9.66. The Hall–Kier alpha value is -2.08. The molecule has 0 unspecified atom stereocenters. The second kappa shape index (κ2) is 9.03. The second-order valence-corrected chi connectivity index (χ2v) is 7.16. The third kappa shape index (κ3) is 4.97. The lowest BCUT2D eigenvalue weighted by Gasteiger charge is -2.29. The van der Waals surface area contributed by atoms with E-state index in [0.29, 0.717) is 25.3 Å². The number of likely N-dealkylation sites (tertiary alicyclic amines) is 1. The number of rotatable bonds is 6. The van der Waals surface area contributed by atoms with E-state index in [4.69, 9.17) is 4.74 Å². The van der Waals surface area contributed by atoms with E-state index in [2.05, 4.69) is 10.2 Å². The summed E-state index contributed by atoms with van der Waals surface area (Å²) in [5, 5.41) is 2.99. The normalized spacial score (nSPS) is 18.0. The molecule has 0 spiro atoms. The number of anilines is 1. The van der Waals surface area contributed by atoms with Crippen LogP contribution in [-0.2, 0) is 9.59 Å². The fraction of sp³-hybridized carbons (Fsp3) is 0.600. The number of aryl methyl sites for hydroxylation is 1. The zero-order valence-electron chi connectivity index (χ0n) is 15.6. The largest absolute Gasteiger partial charge is 0.482 e. The van der Waals surface area contributed by atoms with E-state index in [-0.39, 0.29) is 18.4 Å². The minimum Gasteiger partial charge on any atom is -0.482 e. The second-order valence-electron chi connectivity index (χ2n) is 7.16. The predicted octanol–water partition coefficient (Wildman–Crippen LogP) is 2.10. The van der Waals surface area contributed by atoms with Crippen LogP contribution in [-0.4, -0.2) is 56.0 Å². The molecule has 0 aliphatic carbocycles. The standard InChI is InChI=1S/C20H29N3O3/c1-16-6-7-18-17(14-16)23(20(25)15-26-18)12-8-19(24)21-9-13-22-10-4-2-3-5-11-22/h6-7,14H,2-5,8-13,15H2,1H3,(H,21,24). The maximum Gasteiger partial charge on any atom is 0.265 e. The van der Waals surface area contributed by atoms with E-state index in [9.17, 15) is 9.59 Å². The first-order valence-electron chi connectivity index (χ1n) is 9.66. The van der Waals surface area contributed by atoms with E-state index in [1.54, 1.807) is 4.90 Å². The van der Waals surface area contributed by atoms with Gasteiger partial charge in [0.1, 0.15) is 5.75 Å². The van der Waals surface area contributed by atoms with E-state index in [1.165, 1.54) is 25.7 Å². The highest BCUT2D eigenvalue weighted by atomic mass is 16.5. The van der Waals surface area contributed by atoms with Gasteiger partial charge in [-0.05, 0) is 50.6 Å². The summed E-state index contributed by atoms with van der Waals surface area (Å²) < 4.78 is 5.47. The van der Waals surface area contributed by atoms with Gasteiger partial charge in [-0.15, -0.1) is 0 Å². The van der Waals surface area contributed by atoms with Gasteiger partial charge in [-0.2, -0.15) is 0 Å². The Labute approximate surface area is 155 Å². The first kappa shape index (κ1) is 18.7. The average Bonchev–Trinajstić information content (AvgIpc) is 2.90. The zero-order chi connectivity index (χ0) is 18.4. The van der Waals surface area contributed by atoms with E-state index >= 15 is 0 Å². The zero-order valence-corrected chi connectivity index (χ0v) is 15.6. The Morgan fingerprint density at radius 2 is 1.92 bits per heavy atom. The van der Waals surface area contributed by atoms with Crippen molar-refractivity contribution in [2.45, 2.75) is 39.0 Å². The van der Waals surface area contributed by atoms with Gasteiger partial charge >= 0.3 is 0 Å². The molecule has 1 N–H and O–H groups in total. The molecule has 1 aromatic carbocycles. The SMILES string of the molecule is Cc1ccc2c(c1)N(CCC(=O)NCCN1CCCCCC1)C(=O)CO2. The molecule has 6 heteroatoms. The van der Waals surface area contributed by atoms with Gasteiger partial charge in [0.05, 0.1) is 5.69 Å². The Morgan fingerprint density at radius 1 is 1.15 bits per heavy atom. The van der Waals surface area contributed by atoms with Crippen LogP contribution in [0.25, 0.3) is 0 Å². The van der Waals surface area contributed by atoms with Gasteiger partial charge in [0.2, 0.25) is 5.91 Å². The highest BCUT2D eigenvalue weighted by Crippen LogP contribution is 2.32. The smallest absolute Gasteiger partial charge is 0.265 e. The summed E-state index contributed by atoms with van der Waals surface area (Å²) in [5.41, 5.74) is 1.83. The molecule has 0 bridgehead atoms. The minimum atomic E-state index is -0.0968. The number of benzene rings is 1. The molecule has 0 aromatic heterocycles. The van der Waals surface area contributed by atoms with Crippen molar-refractivity contribution in [1.29, 1.82) is 0 Å². The van der Waals surface area contributed by atoms with Gasteiger partial charge in [0.25, 0.3) is 5.91 Å². The number of carbonyl (C=O) groups excluding carboxylic acids is 2. The fourth-order valence-electron chi connectivity index (χ4n) is 3.57. The average molecular weight is 359 g/mol. The summed E-state index contributed by atoms with van der Waals surface area (Å²) >= 11 is 0. The van der Waals surface area contributed by atoms with Gasteiger partial charge in [-0.25, -0.2) is 0 Å². The lowest BCUT2D eigenvalue weighted by atomic mass is 10.1. The monoisotopic (exact) mass is 359 g/mol. The van der Waals surface area contributed by atoms with Gasteiger partial charge in [0.15, 0.2) is 6.61 Å². The molecular weight excluding hydrogens is 330 g/mol. The van der Waals surface area contributed by atoms with Crippen LogP contribution < -0.4 is 15.0 Å². The lowest BCUT2D eigenvalue weighted by Crippen LogP contribution is -2.42. The summed E-state index contributed by atoms with van der Waals surface area (Å²) in [6.45, 7) is 6.24. The first-order chi connectivity index (χ1) is 12.6. The van der Waals surface area contributed by atoms with E-state index < -0.39 is 0 Å². The Bertz CT molecular complexity index is 639. The van der Waals surface area contributed by atoms with Gasteiger partial charge in [-0.1, -0.05) is 18.9 Å². The molecule has 6 nitrogen and oxygen atoms in total. The molecule has 1 aromatic rings. The van der Waals surface area contributed by atoms with Crippen molar-refractivity contribution < 1.29 is 14.3 Å². The summed E-state index contributed by atoms with van der Waals surface area (Å²) in [4.78, 5) is 28.5. The van der Waals surface area contributed by atoms with Crippen molar-refractivity contribution >= 4 is 17.5 Å². The maximum absolute atomic E-state index is 12.2. The molecular formula is C20H29N3O3. The fourth-order valence-corrected chi connectivity index (χ4v) is 3.57. The van der Waals surface area contributed by atoms with Crippen molar-refractivity contribution in [2.75, 3.05) is 44.2 Å². The molecule has 3 rings (SSSR count). The van der Waals surface area contributed by atoms with Crippen LogP contribution in [0.15, 0.2) is 18.2 Å². The predicted molar refractivity (Wildman–Crippen MR) is 102 cm³/mol. The van der Waals surface area contributed by atoms with Crippen LogP contribution >= 0.6 is 0 Å². The third-order valence-corrected chi connectivity index (χ3v) is 5.07. The molecule has 1 fully saturated rings. The quantitative estimate of drug-likeness (QED) is 0.845. The number of nitrogens with zero attached hydrogens (tertiary/aromatic N) is 2. The number of fused-ring (bicyclic) bond motifs is 1. The molecule has 26 heavy (non-hydrogen) atoms. The van der Waals surface area contributed by atoms with E-state index in [1.807, 2.05) is 25.1 Å². The number of hydrogen-bond acceptors (Lipinski definition) is 4. The van der Waals surface area contributed by atoms with Crippen LogP contribution in [0, 0.1) is 6.92 Å². The molecule has 142 valence electrons. The van der Waals surface area contributed by atoms with Crippen molar-refractivity contribution in [1.82, 2.24) is 10.2 Å². The molecule has 0 atom stereocenters. The Balaban J connectivity index is 1.45. The number of nitrogens with one attached hydrogen (secondary N) is 1. The van der Waals surface area contributed by atoms with Crippen LogP contribution in [0.1, 0.15) is 37.7 Å². The van der Waals surface area contributed by atoms with Crippen LogP contribution in [0.3, 0.4) is 0 Å². The summed E-state index contributed by atoms with van der Waals surface area (Å²) in [6.07, 6.45) is 5.45. The summed E-state index contributed by atoms with van der Waals surface area (Å²) in [7, 11) is 0. The molecule has 2 aliphatic heterocycles. The van der Waals surface area contributed by atoms with Gasteiger partial charge in [-0.3, -0.25) is 9.59 Å². The topological polar surface area (TPSA) is 61.9 Å². The van der Waals surface area contributed by atoms with Crippen LogP contribution in [0.2, 0.25) is 0 Å². The maximum atomic E-state index is 12.2. The molecule has 2 aliphatic rings. The minimum absolute atomic E-state index is 0.00619. The molecule has 2 amide bonds. The van der Waals surface area contributed by atoms with Crippen LogP contribution in [0.5, 0.6) is 5.75 Å².